The largest absolute Gasteiger partial charge is 0.477 e. The van der Waals surface area contributed by atoms with Gasteiger partial charge >= 0.3 is 5.97 Å². The number of carboxylic acids is 1. The molecule has 0 radical (unpaired) electrons. The summed E-state index contributed by atoms with van der Waals surface area (Å²) in [5.74, 6) is -0.571. The van der Waals surface area contributed by atoms with E-state index >= 15 is 0 Å². The fourth-order valence-corrected chi connectivity index (χ4v) is 4.22. The minimum Gasteiger partial charge on any atom is -0.477 e. The minimum atomic E-state index is -0.906. The Bertz CT molecular complexity index is 1220. The number of aromatic carboxylic acids is 1. The lowest BCUT2D eigenvalue weighted by Gasteiger charge is -2.14. The van der Waals surface area contributed by atoms with E-state index in [1.54, 1.807) is 6.08 Å². The number of benzene rings is 3. The maximum Gasteiger partial charge on any atom is 0.352 e. The number of hydrogen-bond acceptors (Lipinski definition) is 2. The summed E-state index contributed by atoms with van der Waals surface area (Å²) < 4.78 is 1.91. The van der Waals surface area contributed by atoms with Gasteiger partial charge in [-0.25, -0.2) is 4.79 Å². The molecule has 0 aliphatic rings. The van der Waals surface area contributed by atoms with E-state index in [1.165, 1.54) is 5.56 Å². The van der Waals surface area contributed by atoms with Crippen LogP contribution in [0.3, 0.4) is 0 Å². The molecule has 3 aromatic carbocycles. The van der Waals surface area contributed by atoms with Crippen LogP contribution in [0.1, 0.15) is 45.6 Å². The van der Waals surface area contributed by atoms with Crippen LogP contribution in [0.2, 0.25) is 0 Å². The van der Waals surface area contributed by atoms with Gasteiger partial charge in [0.05, 0.1) is 0 Å². The summed E-state index contributed by atoms with van der Waals surface area (Å²) in [6.07, 6.45) is 1.80. The smallest absolute Gasteiger partial charge is 0.352 e. The second kappa shape index (κ2) is 9.67. The van der Waals surface area contributed by atoms with E-state index in [0.29, 0.717) is 24.7 Å². The van der Waals surface area contributed by atoms with Gasteiger partial charge < -0.3 is 15.0 Å². The summed E-state index contributed by atoms with van der Waals surface area (Å²) in [6.45, 7) is 7.74. The number of para-hydroxylation sites is 1. The van der Waals surface area contributed by atoms with Crippen molar-refractivity contribution in [2.75, 3.05) is 6.54 Å². The molecule has 4 heteroatoms. The Morgan fingerprint density at radius 1 is 1.03 bits per heavy atom. The number of aromatic nitrogens is 1. The Hall–Kier alpha value is -3.63. The van der Waals surface area contributed by atoms with Gasteiger partial charge in [0.25, 0.3) is 0 Å². The van der Waals surface area contributed by atoms with Gasteiger partial charge in [0, 0.05) is 36.1 Å². The molecule has 0 amide bonds. The molecule has 1 aromatic heterocycles. The molecule has 162 valence electrons. The SMILES string of the molecule is C=Cc1ccc(Cn2c(C(=O)O)c(CNC[C@H](C)c3ccccc3)c3ccccc32)cc1. The topological polar surface area (TPSA) is 54.3 Å². The molecule has 0 fully saturated rings. The quantitative estimate of drug-likeness (QED) is 0.350. The number of nitrogens with zero attached hydrogens (tertiary/aromatic N) is 1. The first-order valence-corrected chi connectivity index (χ1v) is 10.9. The predicted octanol–water partition coefficient (Wildman–Crippen LogP) is 5.92. The number of rotatable bonds is 9. The van der Waals surface area contributed by atoms with Crippen LogP contribution in [0.4, 0.5) is 0 Å². The molecule has 0 saturated carbocycles. The van der Waals surface area contributed by atoms with Gasteiger partial charge in [-0.05, 0) is 28.7 Å². The highest BCUT2D eigenvalue weighted by molar-refractivity contribution is 5.98. The Labute approximate surface area is 188 Å². The number of carbonyl (C=O) groups is 1. The summed E-state index contributed by atoms with van der Waals surface area (Å²) in [5.41, 5.74) is 5.47. The van der Waals surface area contributed by atoms with Gasteiger partial charge in [0.1, 0.15) is 5.69 Å². The maximum atomic E-state index is 12.4. The van der Waals surface area contributed by atoms with Gasteiger partial charge in [-0.2, -0.15) is 0 Å². The molecule has 0 spiro atoms. The van der Waals surface area contributed by atoms with Gasteiger partial charge in [-0.3, -0.25) is 0 Å². The van der Waals surface area contributed by atoms with Crippen molar-refractivity contribution in [3.05, 3.63) is 113 Å². The number of nitrogens with one attached hydrogen (secondary N) is 1. The lowest BCUT2D eigenvalue weighted by molar-refractivity contribution is 0.0685. The highest BCUT2D eigenvalue weighted by atomic mass is 16.4. The molecular formula is C28H28N2O2. The molecule has 4 rings (SSSR count). The van der Waals surface area contributed by atoms with Crippen molar-refractivity contribution in [2.45, 2.75) is 25.9 Å². The fraction of sp³-hybridized carbons (Fsp3) is 0.179. The average Bonchev–Trinajstić information content (AvgIpc) is 3.13. The minimum absolute atomic E-state index is 0.334. The van der Waals surface area contributed by atoms with Gasteiger partial charge in [-0.15, -0.1) is 0 Å². The lowest BCUT2D eigenvalue weighted by Crippen LogP contribution is -2.21. The van der Waals surface area contributed by atoms with Crippen LogP contribution in [0.15, 0.2) is 85.4 Å². The zero-order chi connectivity index (χ0) is 22.5. The third-order valence-electron chi connectivity index (χ3n) is 5.96. The van der Waals surface area contributed by atoms with Crippen molar-refractivity contribution in [1.29, 1.82) is 0 Å². The molecule has 2 N–H and O–H groups in total. The van der Waals surface area contributed by atoms with Crippen molar-refractivity contribution in [1.82, 2.24) is 9.88 Å². The Morgan fingerprint density at radius 2 is 1.72 bits per heavy atom. The highest BCUT2D eigenvalue weighted by Crippen LogP contribution is 2.28. The monoisotopic (exact) mass is 424 g/mol. The van der Waals surface area contributed by atoms with Gasteiger partial charge in [0.15, 0.2) is 0 Å². The third kappa shape index (κ3) is 4.51. The molecule has 32 heavy (non-hydrogen) atoms. The zero-order valence-electron chi connectivity index (χ0n) is 18.3. The molecule has 0 aliphatic heterocycles. The summed E-state index contributed by atoms with van der Waals surface area (Å²) in [6, 6.07) is 26.3. The number of carboxylic acid groups (broad SMARTS) is 1. The van der Waals surface area contributed by atoms with E-state index in [-0.39, 0.29) is 0 Å². The second-order valence-corrected chi connectivity index (χ2v) is 8.12. The zero-order valence-corrected chi connectivity index (χ0v) is 18.3. The fourth-order valence-electron chi connectivity index (χ4n) is 4.22. The van der Waals surface area contributed by atoms with Crippen LogP contribution in [0.25, 0.3) is 17.0 Å². The van der Waals surface area contributed by atoms with Crippen molar-refractivity contribution < 1.29 is 9.90 Å². The van der Waals surface area contributed by atoms with Crippen molar-refractivity contribution >= 4 is 22.9 Å². The lowest BCUT2D eigenvalue weighted by atomic mass is 10.0. The molecule has 0 unspecified atom stereocenters. The summed E-state index contributed by atoms with van der Waals surface area (Å²) in [5, 5.41) is 14.6. The van der Waals surface area contributed by atoms with Crippen LogP contribution in [0.5, 0.6) is 0 Å². The van der Waals surface area contributed by atoms with Crippen molar-refractivity contribution in [2.24, 2.45) is 0 Å². The molecule has 0 aliphatic carbocycles. The van der Waals surface area contributed by atoms with E-state index < -0.39 is 5.97 Å². The molecule has 1 atom stereocenters. The molecular weight excluding hydrogens is 396 g/mol. The summed E-state index contributed by atoms with van der Waals surface area (Å²) in [4.78, 5) is 12.4. The Morgan fingerprint density at radius 3 is 2.41 bits per heavy atom. The first-order valence-electron chi connectivity index (χ1n) is 10.9. The molecule has 1 heterocycles. The van der Waals surface area contributed by atoms with Gasteiger partial charge in [0.2, 0.25) is 0 Å². The molecule has 0 saturated heterocycles. The standard InChI is InChI=1S/C28H28N2O2/c1-3-21-13-15-22(16-14-21)19-30-26-12-8-7-11-24(26)25(27(30)28(31)32)18-29-17-20(2)23-9-5-4-6-10-23/h3-16,20,29H,1,17-19H2,2H3,(H,31,32)/t20-/m0/s1. The number of hydrogen-bond donors (Lipinski definition) is 2. The van der Waals surface area contributed by atoms with E-state index in [1.807, 2.05) is 71.3 Å². The maximum absolute atomic E-state index is 12.4. The van der Waals surface area contributed by atoms with Crippen LogP contribution < -0.4 is 5.32 Å². The van der Waals surface area contributed by atoms with E-state index in [2.05, 4.69) is 31.0 Å². The summed E-state index contributed by atoms with van der Waals surface area (Å²) >= 11 is 0. The highest BCUT2D eigenvalue weighted by Gasteiger charge is 2.22. The van der Waals surface area contributed by atoms with Crippen molar-refractivity contribution in [3.63, 3.8) is 0 Å². The van der Waals surface area contributed by atoms with Crippen LogP contribution >= 0.6 is 0 Å². The molecule has 0 bridgehead atoms. The van der Waals surface area contributed by atoms with Crippen molar-refractivity contribution in [3.8, 4) is 0 Å². The second-order valence-electron chi connectivity index (χ2n) is 8.12. The van der Waals surface area contributed by atoms with E-state index in [9.17, 15) is 9.90 Å². The average molecular weight is 425 g/mol. The summed E-state index contributed by atoms with van der Waals surface area (Å²) in [7, 11) is 0. The van der Waals surface area contributed by atoms with Crippen LogP contribution in [0, 0.1) is 0 Å². The third-order valence-corrected chi connectivity index (χ3v) is 5.96. The van der Waals surface area contributed by atoms with Crippen LogP contribution in [-0.2, 0) is 13.1 Å². The molecule has 4 nitrogen and oxygen atoms in total. The first kappa shape index (κ1) is 21.6. The van der Waals surface area contributed by atoms with Gasteiger partial charge in [-0.1, -0.05) is 92.4 Å². The van der Waals surface area contributed by atoms with Crippen LogP contribution in [-0.4, -0.2) is 22.2 Å². The number of fused-ring (bicyclic) bond motifs is 1. The first-order chi connectivity index (χ1) is 15.6. The van der Waals surface area contributed by atoms with E-state index in [0.717, 1.165) is 34.1 Å². The Balaban J connectivity index is 1.63. The van der Waals surface area contributed by atoms with E-state index in [4.69, 9.17) is 0 Å². The normalized spacial score (nSPS) is 12.0. The molecule has 4 aromatic rings. The predicted molar refractivity (Wildman–Crippen MR) is 131 cm³/mol. The Kier molecular flexibility index (Phi) is 6.52.